The van der Waals surface area contributed by atoms with Gasteiger partial charge < -0.3 is 15.5 Å². The molecule has 5 nitrogen and oxygen atoms in total. The van der Waals surface area contributed by atoms with Crippen molar-refractivity contribution in [2.75, 3.05) is 23.3 Å². The molecule has 1 saturated carbocycles. The number of nitrogens with zero attached hydrogens (tertiary/aromatic N) is 3. The largest absolute Gasteiger partial charge is 0.360 e. The van der Waals surface area contributed by atoms with Gasteiger partial charge in [0.25, 0.3) is 0 Å². The molecule has 2 fully saturated rings. The fourth-order valence-electron chi connectivity index (χ4n) is 3.41. The van der Waals surface area contributed by atoms with Crippen molar-refractivity contribution in [2.24, 2.45) is 5.92 Å². The zero-order valence-electron chi connectivity index (χ0n) is 13.5. The second-order valence-electron chi connectivity index (χ2n) is 6.65. The van der Waals surface area contributed by atoms with Gasteiger partial charge in [0.05, 0.1) is 0 Å². The molecule has 23 heavy (non-hydrogen) atoms. The summed E-state index contributed by atoms with van der Waals surface area (Å²) in [6, 6.07) is 2.30. The second kappa shape index (κ2) is 7.62. The predicted octanol–water partition coefficient (Wildman–Crippen LogP) is 3.60. The number of thiocarbonyl (C=S) groups is 1. The summed E-state index contributed by atoms with van der Waals surface area (Å²) in [6.45, 7) is 4.30. The number of aromatic nitrogens is 2. The van der Waals surface area contributed by atoms with Crippen molar-refractivity contribution in [2.45, 2.75) is 51.5 Å². The van der Waals surface area contributed by atoms with Crippen LogP contribution >= 0.6 is 23.8 Å². The monoisotopic (exact) mass is 353 g/mol. The Bertz CT molecular complexity index is 561. The van der Waals surface area contributed by atoms with Crippen LogP contribution in [-0.4, -0.2) is 34.2 Å². The molecule has 0 spiro atoms. The summed E-state index contributed by atoms with van der Waals surface area (Å²) in [6.07, 6.45) is 7.35. The van der Waals surface area contributed by atoms with Crippen LogP contribution in [0.4, 0.5) is 11.8 Å². The molecule has 1 saturated heterocycles. The first-order valence-corrected chi connectivity index (χ1v) is 9.26. The minimum absolute atomic E-state index is 0.444. The summed E-state index contributed by atoms with van der Waals surface area (Å²) in [5, 5.41) is 7.45. The molecule has 2 aliphatic rings. The number of nitrogens with one attached hydrogen (secondary N) is 2. The molecule has 1 aromatic rings. The zero-order chi connectivity index (χ0) is 16.2. The molecule has 2 N–H and O–H groups in total. The molecule has 1 aromatic heterocycles. The SMILES string of the molecule is C[C@H]1CCCN(c2cc(Cl)nc(NC(=S)NC3CCCC3)n2)C1. The summed E-state index contributed by atoms with van der Waals surface area (Å²) in [5.41, 5.74) is 0. The molecule has 7 heteroatoms. The van der Waals surface area contributed by atoms with Crippen molar-refractivity contribution in [3.8, 4) is 0 Å². The van der Waals surface area contributed by atoms with Crippen molar-refractivity contribution in [1.29, 1.82) is 0 Å². The lowest BCUT2D eigenvalue weighted by Crippen LogP contribution is -2.37. The Hall–Kier alpha value is -1.14. The highest BCUT2D eigenvalue weighted by Gasteiger charge is 2.20. The number of hydrogen-bond acceptors (Lipinski definition) is 4. The van der Waals surface area contributed by atoms with Crippen LogP contribution in [0, 0.1) is 5.92 Å². The van der Waals surface area contributed by atoms with E-state index in [1.165, 1.54) is 38.5 Å². The minimum Gasteiger partial charge on any atom is -0.360 e. The van der Waals surface area contributed by atoms with Gasteiger partial charge in [0.15, 0.2) is 5.11 Å². The summed E-state index contributed by atoms with van der Waals surface area (Å²) in [5.74, 6) is 2.03. The predicted molar refractivity (Wildman–Crippen MR) is 99.3 cm³/mol. The van der Waals surface area contributed by atoms with Crippen molar-refractivity contribution in [3.05, 3.63) is 11.2 Å². The third-order valence-corrected chi connectivity index (χ3v) is 4.99. The quantitative estimate of drug-likeness (QED) is 0.639. The van der Waals surface area contributed by atoms with Gasteiger partial charge >= 0.3 is 0 Å². The van der Waals surface area contributed by atoms with Crippen LogP contribution in [0.5, 0.6) is 0 Å². The molecule has 0 aromatic carbocycles. The fraction of sp³-hybridized carbons (Fsp3) is 0.688. The third-order valence-electron chi connectivity index (χ3n) is 4.58. The highest BCUT2D eigenvalue weighted by atomic mass is 35.5. The number of halogens is 1. The average Bonchev–Trinajstić information content (AvgIpc) is 2.99. The van der Waals surface area contributed by atoms with Gasteiger partial charge in [0.2, 0.25) is 5.95 Å². The molecule has 0 bridgehead atoms. The first kappa shape index (κ1) is 16.7. The Kier molecular flexibility index (Phi) is 5.54. The second-order valence-corrected chi connectivity index (χ2v) is 7.44. The van der Waals surface area contributed by atoms with Crippen LogP contribution in [0.25, 0.3) is 0 Å². The van der Waals surface area contributed by atoms with Crippen LogP contribution < -0.4 is 15.5 Å². The van der Waals surface area contributed by atoms with Crippen molar-refractivity contribution < 1.29 is 0 Å². The summed E-state index contributed by atoms with van der Waals surface area (Å²) >= 11 is 11.6. The molecule has 2 heterocycles. The van der Waals surface area contributed by atoms with E-state index in [4.69, 9.17) is 23.8 Å². The number of rotatable bonds is 3. The van der Waals surface area contributed by atoms with Gasteiger partial charge in [0.1, 0.15) is 11.0 Å². The molecular weight excluding hydrogens is 330 g/mol. The molecule has 1 aliphatic carbocycles. The number of piperidine rings is 1. The maximum absolute atomic E-state index is 6.18. The zero-order valence-corrected chi connectivity index (χ0v) is 15.1. The minimum atomic E-state index is 0.444. The fourth-order valence-corrected chi connectivity index (χ4v) is 3.85. The molecule has 0 amide bonds. The molecule has 1 atom stereocenters. The van der Waals surface area contributed by atoms with Gasteiger partial charge in [-0.3, -0.25) is 0 Å². The van der Waals surface area contributed by atoms with E-state index in [0.717, 1.165) is 18.9 Å². The van der Waals surface area contributed by atoms with E-state index in [9.17, 15) is 0 Å². The topological polar surface area (TPSA) is 53.1 Å². The van der Waals surface area contributed by atoms with Gasteiger partial charge in [-0.15, -0.1) is 0 Å². The van der Waals surface area contributed by atoms with Crippen molar-refractivity contribution >= 4 is 40.7 Å². The van der Waals surface area contributed by atoms with Crippen molar-refractivity contribution in [1.82, 2.24) is 15.3 Å². The molecule has 3 rings (SSSR count). The van der Waals surface area contributed by atoms with E-state index in [1.807, 2.05) is 6.07 Å². The van der Waals surface area contributed by atoms with E-state index >= 15 is 0 Å². The highest BCUT2D eigenvalue weighted by molar-refractivity contribution is 7.80. The van der Waals surface area contributed by atoms with Gasteiger partial charge in [-0.05, 0) is 43.8 Å². The maximum Gasteiger partial charge on any atom is 0.232 e. The lowest BCUT2D eigenvalue weighted by molar-refractivity contribution is 0.444. The van der Waals surface area contributed by atoms with E-state index in [0.29, 0.717) is 28.2 Å². The van der Waals surface area contributed by atoms with Gasteiger partial charge in [-0.1, -0.05) is 31.4 Å². The van der Waals surface area contributed by atoms with Crippen LogP contribution in [0.3, 0.4) is 0 Å². The Morgan fingerprint density at radius 1 is 1.26 bits per heavy atom. The Labute approximate surface area is 148 Å². The van der Waals surface area contributed by atoms with E-state index < -0.39 is 0 Å². The van der Waals surface area contributed by atoms with Crippen molar-refractivity contribution in [3.63, 3.8) is 0 Å². The molecule has 0 radical (unpaired) electrons. The number of hydrogen-bond donors (Lipinski definition) is 2. The lowest BCUT2D eigenvalue weighted by atomic mass is 10.0. The molecule has 1 aliphatic heterocycles. The average molecular weight is 354 g/mol. The highest BCUT2D eigenvalue weighted by Crippen LogP contribution is 2.24. The standard InChI is InChI=1S/C16H24ClN5S/c1-11-5-4-8-22(10-11)14-9-13(17)19-15(20-14)21-16(23)18-12-6-2-3-7-12/h9,11-12H,2-8,10H2,1H3,(H2,18,19,20,21,23)/t11-/m0/s1. The Morgan fingerprint density at radius 3 is 2.78 bits per heavy atom. The number of anilines is 2. The summed E-state index contributed by atoms with van der Waals surface area (Å²) < 4.78 is 0. The van der Waals surface area contributed by atoms with E-state index in [1.54, 1.807) is 0 Å². The van der Waals surface area contributed by atoms with Crippen LogP contribution in [0.2, 0.25) is 5.15 Å². The smallest absolute Gasteiger partial charge is 0.232 e. The lowest BCUT2D eigenvalue weighted by Gasteiger charge is -2.32. The molecule has 126 valence electrons. The van der Waals surface area contributed by atoms with Crippen LogP contribution in [0.15, 0.2) is 6.07 Å². The maximum atomic E-state index is 6.18. The van der Waals surface area contributed by atoms with Crippen LogP contribution in [-0.2, 0) is 0 Å². The van der Waals surface area contributed by atoms with E-state index in [-0.39, 0.29) is 0 Å². The third kappa shape index (κ3) is 4.67. The van der Waals surface area contributed by atoms with Gasteiger partial charge in [-0.2, -0.15) is 4.98 Å². The molecule has 0 unspecified atom stereocenters. The van der Waals surface area contributed by atoms with Gasteiger partial charge in [-0.25, -0.2) is 4.98 Å². The first-order valence-electron chi connectivity index (χ1n) is 8.47. The van der Waals surface area contributed by atoms with E-state index in [2.05, 4.69) is 32.4 Å². The van der Waals surface area contributed by atoms with Crippen LogP contribution in [0.1, 0.15) is 45.4 Å². The molecular formula is C16H24ClN5S. The van der Waals surface area contributed by atoms with Gasteiger partial charge in [0, 0.05) is 25.2 Å². The normalized spacial score (nSPS) is 22.2. The Morgan fingerprint density at radius 2 is 2.04 bits per heavy atom. The Balaban J connectivity index is 1.66. The summed E-state index contributed by atoms with van der Waals surface area (Å²) in [4.78, 5) is 11.1. The summed E-state index contributed by atoms with van der Waals surface area (Å²) in [7, 11) is 0. The first-order chi connectivity index (χ1) is 11.1.